The normalized spacial score (nSPS) is 12.9. The molecule has 4 nitrogen and oxygen atoms in total. The smallest absolute Gasteiger partial charge is 0.490 e. The number of carboxylic acids is 1. The van der Waals surface area contributed by atoms with Crippen LogP contribution in [0.2, 0.25) is 0 Å². The summed E-state index contributed by atoms with van der Waals surface area (Å²) < 4.78 is 45.2. The van der Waals surface area contributed by atoms with Crippen molar-refractivity contribution >= 4 is 21.9 Å². The number of carbonyl (C=O) groups is 1. The Morgan fingerprint density at radius 3 is 2.58 bits per heavy atom. The molecule has 1 aromatic rings. The summed E-state index contributed by atoms with van der Waals surface area (Å²) in [6.45, 7) is 1.54. The van der Waals surface area contributed by atoms with E-state index >= 15 is 0 Å². The van der Waals surface area contributed by atoms with Crippen molar-refractivity contribution in [1.82, 2.24) is 0 Å². The molecule has 1 aromatic carbocycles. The van der Waals surface area contributed by atoms with Gasteiger partial charge in [-0.25, -0.2) is 0 Å². The van der Waals surface area contributed by atoms with Gasteiger partial charge in [-0.05, 0) is 41.1 Å². The van der Waals surface area contributed by atoms with Crippen LogP contribution in [0.3, 0.4) is 0 Å². The van der Waals surface area contributed by atoms with E-state index in [0.29, 0.717) is 0 Å². The summed E-state index contributed by atoms with van der Waals surface area (Å²) in [7, 11) is 0. The summed E-state index contributed by atoms with van der Waals surface area (Å²) in [5.41, 5.74) is 0. The molecule has 1 N–H and O–H groups in total. The molecule has 1 rings (SSSR count). The number of hydrogen-bond acceptors (Lipinski definition) is 3. The van der Waals surface area contributed by atoms with Crippen LogP contribution in [0.15, 0.2) is 22.7 Å². The number of hydrogen-bond donors (Lipinski definition) is 1. The third-order valence-electron chi connectivity index (χ3n) is 1.93. The topological polar surface area (TPSA) is 55.8 Å². The molecule has 0 saturated carbocycles. The lowest BCUT2D eigenvalue weighted by Gasteiger charge is -2.15. The van der Waals surface area contributed by atoms with Crippen LogP contribution < -0.4 is 9.47 Å². The number of aliphatic carboxylic acids is 1. The molecule has 0 bridgehead atoms. The van der Waals surface area contributed by atoms with Crippen LogP contribution in [0, 0.1) is 0 Å². The van der Waals surface area contributed by atoms with Crippen LogP contribution in [0.25, 0.3) is 0 Å². The van der Waals surface area contributed by atoms with Crippen LogP contribution >= 0.6 is 15.9 Å². The van der Waals surface area contributed by atoms with E-state index in [1.807, 2.05) is 0 Å². The van der Waals surface area contributed by atoms with Crippen LogP contribution in [0.1, 0.15) is 13.3 Å². The molecule has 0 radical (unpaired) electrons. The minimum absolute atomic E-state index is 0.0600. The fourth-order valence-corrected chi connectivity index (χ4v) is 1.72. The van der Waals surface area contributed by atoms with Crippen molar-refractivity contribution in [2.45, 2.75) is 25.8 Å². The van der Waals surface area contributed by atoms with Gasteiger partial charge in [-0.15, -0.1) is 13.2 Å². The van der Waals surface area contributed by atoms with Crippen molar-refractivity contribution in [3.63, 3.8) is 0 Å². The zero-order valence-corrected chi connectivity index (χ0v) is 11.3. The van der Waals surface area contributed by atoms with E-state index in [9.17, 15) is 18.0 Å². The molecular formula is C11H10BrF3O4. The van der Waals surface area contributed by atoms with Gasteiger partial charge in [0, 0.05) is 0 Å². The van der Waals surface area contributed by atoms with E-state index in [1.165, 1.54) is 12.1 Å². The first-order chi connectivity index (χ1) is 8.67. The van der Waals surface area contributed by atoms with E-state index < -0.39 is 24.2 Å². The maximum Gasteiger partial charge on any atom is 0.573 e. The Morgan fingerprint density at radius 2 is 2.11 bits per heavy atom. The highest BCUT2D eigenvalue weighted by atomic mass is 79.9. The van der Waals surface area contributed by atoms with Crippen LogP contribution in [-0.4, -0.2) is 23.5 Å². The fourth-order valence-electron chi connectivity index (χ4n) is 1.28. The molecule has 0 aliphatic carbocycles. The Hall–Kier alpha value is -1.44. The maximum absolute atomic E-state index is 12.0. The number of alkyl halides is 3. The average molecular weight is 343 g/mol. The van der Waals surface area contributed by atoms with Gasteiger partial charge in [0.25, 0.3) is 0 Å². The van der Waals surface area contributed by atoms with Gasteiger partial charge in [-0.3, -0.25) is 4.79 Å². The summed E-state index contributed by atoms with van der Waals surface area (Å²) in [6, 6.07) is 3.63. The third kappa shape index (κ3) is 5.82. The molecule has 0 amide bonds. The zero-order chi connectivity index (χ0) is 14.6. The molecule has 0 spiro atoms. The lowest BCUT2D eigenvalue weighted by atomic mass is 10.3. The molecule has 19 heavy (non-hydrogen) atoms. The fraction of sp³-hybridized carbons (Fsp3) is 0.364. The van der Waals surface area contributed by atoms with Crippen LogP contribution in [0.4, 0.5) is 13.2 Å². The molecular weight excluding hydrogens is 333 g/mol. The number of rotatable bonds is 5. The highest BCUT2D eigenvalue weighted by molar-refractivity contribution is 9.10. The number of carboxylic acid groups (broad SMARTS) is 1. The van der Waals surface area contributed by atoms with Crippen molar-refractivity contribution in [2.24, 2.45) is 0 Å². The first-order valence-electron chi connectivity index (χ1n) is 5.11. The standard InChI is InChI=1S/C11H10BrF3O4/c1-6(4-10(16)17)18-7-2-3-9(8(12)5-7)19-11(13,14)15/h2-3,5-6H,4H2,1H3,(H,16,17)/t6-/m0/s1. The Kier molecular flexibility index (Phi) is 5.04. The average Bonchev–Trinajstić information content (AvgIpc) is 2.19. The Morgan fingerprint density at radius 1 is 1.47 bits per heavy atom. The van der Waals surface area contributed by atoms with Gasteiger partial charge in [0.1, 0.15) is 17.6 Å². The highest BCUT2D eigenvalue weighted by Gasteiger charge is 2.32. The van der Waals surface area contributed by atoms with Crippen molar-refractivity contribution in [1.29, 1.82) is 0 Å². The van der Waals surface area contributed by atoms with Crippen molar-refractivity contribution in [2.75, 3.05) is 0 Å². The lowest BCUT2D eigenvalue weighted by Crippen LogP contribution is -2.18. The molecule has 0 unspecified atom stereocenters. The maximum atomic E-state index is 12.0. The van der Waals surface area contributed by atoms with E-state index in [4.69, 9.17) is 9.84 Å². The quantitative estimate of drug-likeness (QED) is 0.888. The molecule has 8 heteroatoms. The summed E-state index contributed by atoms with van der Waals surface area (Å²) in [5.74, 6) is -1.18. The first kappa shape index (κ1) is 15.6. The third-order valence-corrected chi connectivity index (χ3v) is 2.55. The number of benzene rings is 1. The van der Waals surface area contributed by atoms with Gasteiger partial charge in [0.05, 0.1) is 10.9 Å². The number of halogens is 4. The molecule has 0 heterocycles. The summed E-state index contributed by atoms with van der Waals surface area (Å²) in [4.78, 5) is 10.4. The second-order valence-corrected chi connectivity index (χ2v) is 4.52. The van der Waals surface area contributed by atoms with E-state index in [1.54, 1.807) is 6.92 Å². The lowest BCUT2D eigenvalue weighted by molar-refractivity contribution is -0.274. The molecule has 0 fully saturated rings. The molecule has 0 saturated heterocycles. The van der Waals surface area contributed by atoms with Gasteiger partial charge in [0.15, 0.2) is 0 Å². The first-order valence-corrected chi connectivity index (χ1v) is 5.90. The van der Waals surface area contributed by atoms with E-state index in [0.717, 1.165) is 6.07 Å². The van der Waals surface area contributed by atoms with E-state index in [2.05, 4.69) is 20.7 Å². The van der Waals surface area contributed by atoms with Gasteiger partial charge in [-0.1, -0.05) is 0 Å². The van der Waals surface area contributed by atoms with Crippen LogP contribution in [0.5, 0.6) is 11.5 Å². The van der Waals surface area contributed by atoms with Crippen molar-refractivity contribution in [3.8, 4) is 11.5 Å². The summed E-state index contributed by atoms with van der Waals surface area (Å²) in [6.07, 6.45) is -5.58. The van der Waals surface area contributed by atoms with Gasteiger partial charge in [-0.2, -0.15) is 0 Å². The second-order valence-electron chi connectivity index (χ2n) is 3.67. The second kappa shape index (κ2) is 6.14. The SMILES string of the molecule is C[C@@H](CC(=O)O)Oc1ccc(OC(F)(F)F)c(Br)c1. The van der Waals surface area contributed by atoms with Gasteiger partial charge < -0.3 is 14.6 Å². The van der Waals surface area contributed by atoms with E-state index in [-0.39, 0.29) is 16.6 Å². The number of ether oxygens (including phenoxy) is 2. The molecule has 1 atom stereocenters. The predicted octanol–water partition coefficient (Wildman–Crippen LogP) is 3.59. The minimum Gasteiger partial charge on any atom is -0.490 e. The zero-order valence-electron chi connectivity index (χ0n) is 9.70. The largest absolute Gasteiger partial charge is 0.573 e. The molecule has 0 aliphatic heterocycles. The molecule has 0 aromatic heterocycles. The van der Waals surface area contributed by atoms with Crippen molar-refractivity contribution < 1.29 is 32.5 Å². The summed E-state index contributed by atoms with van der Waals surface area (Å²) in [5, 5.41) is 8.55. The van der Waals surface area contributed by atoms with Crippen molar-refractivity contribution in [3.05, 3.63) is 22.7 Å². The van der Waals surface area contributed by atoms with Gasteiger partial charge in [0.2, 0.25) is 0 Å². The van der Waals surface area contributed by atoms with Gasteiger partial charge >= 0.3 is 12.3 Å². The predicted molar refractivity (Wildman–Crippen MR) is 63.2 cm³/mol. The Balaban J connectivity index is 2.74. The minimum atomic E-state index is -4.78. The Bertz CT molecular complexity index is 462. The van der Waals surface area contributed by atoms with Crippen LogP contribution in [-0.2, 0) is 4.79 Å². The monoisotopic (exact) mass is 342 g/mol. The summed E-state index contributed by atoms with van der Waals surface area (Å²) >= 11 is 2.92. The Labute approximate surface area is 115 Å². The molecule has 0 aliphatic rings. The molecule has 106 valence electrons. The highest BCUT2D eigenvalue weighted by Crippen LogP contribution is 2.33.